The number of furan rings is 1. The van der Waals surface area contributed by atoms with Gasteiger partial charge in [-0.2, -0.15) is 0 Å². The van der Waals surface area contributed by atoms with Crippen LogP contribution in [0, 0.1) is 0 Å². The summed E-state index contributed by atoms with van der Waals surface area (Å²) in [6, 6.07) is -25.3. The summed E-state index contributed by atoms with van der Waals surface area (Å²) < 4.78 is 262. The van der Waals surface area contributed by atoms with Gasteiger partial charge < -0.3 is 4.42 Å². The Kier molecular flexibility index (Phi) is 2.32. The summed E-state index contributed by atoms with van der Waals surface area (Å²) in [4.78, 5) is 0. The first-order valence-electron chi connectivity index (χ1n) is 28.7. The van der Waals surface area contributed by atoms with Crippen molar-refractivity contribution < 1.29 is 42.8 Å². The van der Waals surface area contributed by atoms with Gasteiger partial charge in [0.1, 0.15) is 11.2 Å². The highest BCUT2D eigenvalue weighted by atomic mass is 16.3. The minimum Gasteiger partial charge on any atom is -0.456 e. The zero-order chi connectivity index (χ0) is 56.4. The highest BCUT2D eigenvalue weighted by Crippen LogP contribution is 2.47. The Morgan fingerprint density at radius 2 is 0.898 bits per heavy atom. The molecule has 10 aromatic carbocycles. The Morgan fingerprint density at radius 3 is 1.71 bits per heavy atom. The van der Waals surface area contributed by atoms with Gasteiger partial charge in [0, 0.05) is 10.8 Å². The van der Waals surface area contributed by atoms with Crippen LogP contribution in [0.3, 0.4) is 0 Å². The Labute approximate surface area is 321 Å². The Morgan fingerprint density at radius 1 is 0.327 bits per heavy atom. The summed E-state index contributed by atoms with van der Waals surface area (Å²) in [5.74, 6) is 0. The predicted molar refractivity (Wildman–Crippen MR) is 209 cm³/mol. The Hall–Kier alpha value is -6.44. The average molecular weight is 649 g/mol. The monoisotopic (exact) mass is 648 g/mol. The van der Waals surface area contributed by atoms with Crippen LogP contribution in [0.5, 0.6) is 0 Å². The maximum atomic E-state index is 10.4. The second-order valence-electron chi connectivity index (χ2n) is 11.0. The van der Waals surface area contributed by atoms with E-state index in [-0.39, 0.29) is 10.8 Å². The molecule has 0 fully saturated rings. The second kappa shape index (κ2) is 10.0. The molecule has 1 heterocycles. The molecule has 0 aliphatic rings. The lowest BCUT2D eigenvalue weighted by Crippen LogP contribution is -1.92. The number of hydrogen-bond donors (Lipinski definition) is 0. The van der Waals surface area contributed by atoms with Gasteiger partial charge in [-0.3, -0.25) is 0 Å². The molecule has 226 valence electrons. The van der Waals surface area contributed by atoms with E-state index in [4.69, 9.17) is 26.3 Å². The van der Waals surface area contributed by atoms with E-state index in [0.717, 1.165) is 0 Å². The lowest BCUT2D eigenvalue weighted by molar-refractivity contribution is 0.669. The molecule has 11 aromatic rings. The molecule has 0 spiro atoms. The van der Waals surface area contributed by atoms with E-state index in [0.29, 0.717) is 0 Å². The van der Waals surface area contributed by atoms with Crippen molar-refractivity contribution >= 4 is 75.8 Å². The fourth-order valence-corrected chi connectivity index (χ4v) is 6.39. The van der Waals surface area contributed by atoms with Gasteiger partial charge in [-0.1, -0.05) is 145 Å². The average Bonchev–Trinajstić information content (AvgIpc) is 3.74. The van der Waals surface area contributed by atoms with Crippen molar-refractivity contribution in [3.63, 3.8) is 0 Å². The summed E-state index contributed by atoms with van der Waals surface area (Å²) in [7, 11) is 0. The third-order valence-electron chi connectivity index (χ3n) is 8.45. The van der Waals surface area contributed by atoms with Crippen molar-refractivity contribution in [2.24, 2.45) is 0 Å². The summed E-state index contributed by atoms with van der Waals surface area (Å²) in [6.45, 7) is 0. The summed E-state index contributed by atoms with van der Waals surface area (Å²) in [6.07, 6.45) is 0. The molecule has 0 unspecified atom stereocenters. The highest BCUT2D eigenvalue weighted by Gasteiger charge is 2.20. The zero-order valence-electron chi connectivity index (χ0n) is 52.4. The van der Waals surface area contributed by atoms with Gasteiger partial charge in [-0.25, -0.2) is 0 Å². The molecule has 0 aliphatic carbocycles. The van der Waals surface area contributed by atoms with E-state index in [2.05, 4.69) is 0 Å². The maximum Gasteiger partial charge on any atom is 0.136 e. The van der Waals surface area contributed by atoms with E-state index < -0.39 is 268 Å². The van der Waals surface area contributed by atoms with E-state index in [1.165, 1.54) is 0 Å². The minimum atomic E-state index is -1.09. The normalized spacial score (nSPS) is 20.1. The first-order valence-corrected chi connectivity index (χ1v) is 14.7. The predicted octanol–water partition coefficient (Wildman–Crippen LogP) is 13.8. The lowest BCUT2D eigenvalue weighted by Gasteiger charge is -2.19. The molecule has 11 rings (SSSR count). The van der Waals surface area contributed by atoms with Gasteiger partial charge in [0.05, 0.1) is 38.4 Å². The Balaban J connectivity index is 1.49. The number of hydrogen-bond acceptors (Lipinski definition) is 1. The molecule has 1 heteroatoms. The van der Waals surface area contributed by atoms with Crippen LogP contribution in [0.2, 0.25) is 0 Å². The third-order valence-corrected chi connectivity index (χ3v) is 8.45. The largest absolute Gasteiger partial charge is 0.456 e. The van der Waals surface area contributed by atoms with Crippen molar-refractivity contribution in [2.75, 3.05) is 0 Å². The van der Waals surface area contributed by atoms with Gasteiger partial charge in [0.15, 0.2) is 0 Å². The molecule has 0 N–H and O–H groups in total. The lowest BCUT2D eigenvalue weighted by atomic mass is 9.84. The van der Waals surface area contributed by atoms with Crippen LogP contribution in [0.15, 0.2) is 174 Å². The number of benzene rings is 10. The van der Waals surface area contributed by atoms with Gasteiger partial charge in [0.2, 0.25) is 0 Å². The quantitative estimate of drug-likeness (QED) is 0.137. The number of para-hydroxylation sites is 1. The maximum absolute atomic E-state index is 10.4. The van der Waals surface area contributed by atoms with Crippen LogP contribution < -0.4 is 0 Å². The van der Waals surface area contributed by atoms with Crippen LogP contribution in [-0.2, 0) is 0 Å². The SMILES string of the molecule is [2H]c1c([2H])c([2H])c(-c2c3c([2H])c([2H])c([2H])c([2H])c3c(-c3c([2H])c([2H])c4c(oc5c([2H])c([2H])c([2H])c([2H])c54)c3[2H])c3c([2H])c(-c4c([2H])c([2H])c5c([2H])c([2H])c6c([2H])c([2H])c([2H])c7c([2H])c([2H])c4c5c67)c([2H])c([2H])c23)c([2H])c1[2H]. The zero-order valence-corrected chi connectivity index (χ0v) is 24.4. The van der Waals surface area contributed by atoms with Crippen LogP contribution in [0.4, 0.5) is 0 Å². The number of rotatable bonds is 3. The molecular formula is C48H28O. The van der Waals surface area contributed by atoms with Gasteiger partial charge in [-0.15, -0.1) is 0 Å². The van der Waals surface area contributed by atoms with Crippen LogP contribution >= 0.6 is 0 Å². The van der Waals surface area contributed by atoms with Crippen LogP contribution in [-0.4, -0.2) is 0 Å². The van der Waals surface area contributed by atoms with E-state index in [1.54, 1.807) is 0 Å². The summed E-state index contributed by atoms with van der Waals surface area (Å²) in [5, 5.41) is -6.68. The van der Waals surface area contributed by atoms with Crippen molar-refractivity contribution in [3.05, 3.63) is 169 Å². The molecule has 0 aliphatic heterocycles. The topological polar surface area (TPSA) is 13.1 Å². The first-order chi connectivity index (χ1) is 36.0. The van der Waals surface area contributed by atoms with Crippen LogP contribution in [0.1, 0.15) is 38.4 Å². The van der Waals surface area contributed by atoms with Crippen molar-refractivity contribution in [1.82, 2.24) is 0 Å². The molecule has 0 saturated heterocycles. The first kappa shape index (κ1) is 11.3. The van der Waals surface area contributed by atoms with E-state index in [9.17, 15) is 16.4 Å². The molecule has 1 aromatic heterocycles. The highest BCUT2D eigenvalue weighted by molar-refractivity contribution is 6.26. The van der Waals surface area contributed by atoms with Crippen LogP contribution in [0.25, 0.3) is 109 Å². The summed E-state index contributed by atoms with van der Waals surface area (Å²) in [5.41, 5.74) is -6.02. The molecule has 0 amide bonds. The van der Waals surface area contributed by atoms with Gasteiger partial charge >= 0.3 is 0 Å². The van der Waals surface area contributed by atoms with Crippen molar-refractivity contribution in [2.45, 2.75) is 0 Å². The Bertz CT molecular complexity index is 4660. The fraction of sp³-hybridized carbons (Fsp3) is 0. The van der Waals surface area contributed by atoms with Gasteiger partial charge in [0.25, 0.3) is 0 Å². The minimum absolute atomic E-state index is 0.324. The second-order valence-corrected chi connectivity index (χ2v) is 11.0. The number of fused-ring (bicyclic) bond motifs is 5. The van der Waals surface area contributed by atoms with E-state index in [1.807, 2.05) is 0 Å². The van der Waals surface area contributed by atoms with Gasteiger partial charge in [-0.05, 0) is 111 Å². The molecular weight excluding hydrogens is 593 g/mol. The molecule has 0 saturated carbocycles. The van der Waals surface area contributed by atoms with Crippen molar-refractivity contribution in [1.29, 1.82) is 0 Å². The standard InChI is InChI=1S/C48H28O/c1-2-9-29(10-3-1)46-38-14-4-5-15-39(38)47(34-22-24-37-36-13-6-7-16-43(36)49-44(37)28-34)42-27-33(21-26-41(42)46)35-23-19-32-18-17-30-11-8-12-31-20-25-40(35)48(32)45(30)31/h1-28H/i1D,2D,3D,4D,5D,6D,7D,8D,9D,10D,11D,12D,13D,14D,15D,16D,17D,18D,19D,20D,21D,22D,23D,24D,25D,26D,27D,28D. The third kappa shape index (κ3) is 3.82. The smallest absolute Gasteiger partial charge is 0.136 e. The molecule has 49 heavy (non-hydrogen) atoms. The molecule has 0 radical (unpaired) electrons. The summed E-state index contributed by atoms with van der Waals surface area (Å²) >= 11 is 0. The molecule has 1 nitrogen and oxygen atoms in total. The molecule has 0 bridgehead atoms. The molecule has 0 atom stereocenters. The van der Waals surface area contributed by atoms with Crippen molar-refractivity contribution in [3.8, 4) is 33.4 Å². The fourth-order valence-electron chi connectivity index (χ4n) is 6.39. The van der Waals surface area contributed by atoms with E-state index >= 15 is 0 Å².